The average Bonchev–Trinajstić information content (AvgIpc) is 3.67. The number of carbonyl (C=O) groups is 1. The molecule has 3 saturated heterocycles. The van der Waals surface area contributed by atoms with Gasteiger partial charge in [0.1, 0.15) is 18.0 Å². The highest BCUT2D eigenvalue weighted by Gasteiger charge is 2.52. The van der Waals surface area contributed by atoms with Gasteiger partial charge in [-0.2, -0.15) is 9.97 Å². The fraction of sp³-hybridized carbons (Fsp3) is 0.500. The molecular weight excluding hydrogens is 536 g/mol. The van der Waals surface area contributed by atoms with Crippen LogP contribution < -0.4 is 25.0 Å². The maximum absolute atomic E-state index is 13.7. The van der Waals surface area contributed by atoms with E-state index < -0.39 is 0 Å². The summed E-state index contributed by atoms with van der Waals surface area (Å²) in [4.78, 5) is 34.3. The Morgan fingerprint density at radius 1 is 1.17 bits per heavy atom. The lowest BCUT2D eigenvalue weighted by Gasteiger charge is -2.38. The molecule has 12 heteroatoms. The summed E-state index contributed by atoms with van der Waals surface area (Å²) < 4.78 is 19.3. The first-order valence-electron chi connectivity index (χ1n) is 14.5. The smallest absolute Gasteiger partial charge is 0.317 e. The highest BCUT2D eigenvalue weighted by atomic mass is 16.6. The van der Waals surface area contributed by atoms with Gasteiger partial charge in [-0.1, -0.05) is 0 Å². The van der Waals surface area contributed by atoms with Crippen LogP contribution in [0.5, 0.6) is 11.9 Å². The fourth-order valence-corrected chi connectivity index (χ4v) is 6.64. The fourth-order valence-electron chi connectivity index (χ4n) is 6.64. The number of benzene rings is 1. The molecule has 2 N–H and O–H groups in total. The SMILES string of the molecule is COc1nc(NCC(=O)c2ccc(N3C[C@H](C)N[C@@H](C)C3)c3cnc(OCC45CC(CO4)C5)nc23)cn2cc(C)nc12. The quantitative estimate of drug-likeness (QED) is 0.287. The van der Waals surface area contributed by atoms with Crippen molar-refractivity contribution in [3.05, 3.63) is 42.0 Å². The summed E-state index contributed by atoms with van der Waals surface area (Å²) in [6, 6.07) is 4.78. The molecule has 0 spiro atoms. The van der Waals surface area contributed by atoms with Crippen LogP contribution in [0.4, 0.5) is 11.5 Å². The number of imidazole rings is 1. The number of methoxy groups -OCH3 is 1. The molecule has 8 rings (SSSR count). The molecule has 3 aromatic heterocycles. The number of carbonyl (C=O) groups excluding carboxylic acids is 1. The van der Waals surface area contributed by atoms with Crippen molar-refractivity contribution in [1.82, 2.24) is 29.7 Å². The van der Waals surface area contributed by atoms with Crippen LogP contribution in [0.25, 0.3) is 16.6 Å². The van der Waals surface area contributed by atoms with Crippen LogP contribution in [-0.2, 0) is 4.74 Å². The maximum atomic E-state index is 13.7. The van der Waals surface area contributed by atoms with E-state index in [-0.39, 0.29) is 23.9 Å². The van der Waals surface area contributed by atoms with Gasteiger partial charge in [0, 0.05) is 54.2 Å². The van der Waals surface area contributed by atoms with Gasteiger partial charge in [0.25, 0.3) is 5.88 Å². The van der Waals surface area contributed by atoms with Gasteiger partial charge in [0.05, 0.1) is 37.7 Å². The lowest BCUT2D eigenvalue weighted by molar-refractivity contribution is -0.0379. The lowest BCUT2D eigenvalue weighted by Crippen LogP contribution is -2.54. The van der Waals surface area contributed by atoms with Crippen molar-refractivity contribution >= 4 is 33.8 Å². The van der Waals surface area contributed by atoms with E-state index in [2.05, 4.69) is 44.3 Å². The molecule has 3 aliphatic heterocycles. The molecule has 4 fully saturated rings. The first-order chi connectivity index (χ1) is 20.3. The Hall–Kier alpha value is -4.03. The number of Topliss-reactive ketones (excluding diaryl/α,β-unsaturated/α-hetero) is 1. The van der Waals surface area contributed by atoms with E-state index in [1.165, 1.54) is 0 Å². The van der Waals surface area contributed by atoms with Gasteiger partial charge in [0.2, 0.25) is 5.65 Å². The summed E-state index contributed by atoms with van der Waals surface area (Å²) in [5.41, 5.74) is 3.32. The van der Waals surface area contributed by atoms with Crippen molar-refractivity contribution in [3.63, 3.8) is 0 Å². The lowest BCUT2D eigenvalue weighted by atomic mass is 9.75. The number of aromatic nitrogens is 5. The summed E-state index contributed by atoms with van der Waals surface area (Å²) in [6.07, 6.45) is 7.50. The number of hydrogen-bond donors (Lipinski definition) is 2. The zero-order chi connectivity index (χ0) is 29.0. The second-order valence-electron chi connectivity index (χ2n) is 12.0. The highest BCUT2D eigenvalue weighted by molar-refractivity contribution is 6.11. The van der Waals surface area contributed by atoms with Crippen LogP contribution >= 0.6 is 0 Å². The summed E-state index contributed by atoms with van der Waals surface area (Å²) in [5.74, 6) is 1.40. The Balaban J connectivity index is 1.19. The van der Waals surface area contributed by atoms with E-state index in [1.807, 2.05) is 29.7 Å². The van der Waals surface area contributed by atoms with Gasteiger partial charge in [-0.25, -0.2) is 9.97 Å². The van der Waals surface area contributed by atoms with Crippen LogP contribution in [0.3, 0.4) is 0 Å². The molecule has 1 saturated carbocycles. The van der Waals surface area contributed by atoms with E-state index in [0.717, 1.165) is 49.3 Å². The number of ether oxygens (including phenoxy) is 3. The molecule has 4 aliphatic rings. The zero-order valence-corrected chi connectivity index (χ0v) is 24.4. The molecular formula is C30H36N8O4. The van der Waals surface area contributed by atoms with Crippen molar-refractivity contribution in [3.8, 4) is 11.9 Å². The average molecular weight is 573 g/mol. The molecule has 4 aromatic rings. The molecule has 2 bridgehead atoms. The summed E-state index contributed by atoms with van der Waals surface area (Å²) in [7, 11) is 1.55. The van der Waals surface area contributed by atoms with E-state index >= 15 is 0 Å². The standard InChI is InChI=1S/C30H36N8O4/c1-17-11-37(12-18(2)33-17)23-6-5-21(24(39)10-31-25-14-38-13-19(3)34-27(38)28(35-25)40-4)26-22(23)9-32-29(36-26)41-16-30-7-20(8-30)15-42-30/h5-6,9,13-14,17-18,20,31,33H,7-8,10-12,15-16H2,1-4H3/t17-,18-,20?,30?/m0/s1. The third-order valence-corrected chi connectivity index (χ3v) is 8.47. The number of anilines is 2. The second kappa shape index (κ2) is 10.4. The van der Waals surface area contributed by atoms with Gasteiger partial charge in [-0.05, 0) is 51.7 Å². The van der Waals surface area contributed by atoms with Crippen LogP contribution in [0.2, 0.25) is 0 Å². The van der Waals surface area contributed by atoms with E-state index in [4.69, 9.17) is 19.2 Å². The van der Waals surface area contributed by atoms with Gasteiger partial charge in [0.15, 0.2) is 5.78 Å². The Morgan fingerprint density at radius 3 is 2.71 bits per heavy atom. The van der Waals surface area contributed by atoms with Crippen molar-refractivity contribution < 1.29 is 19.0 Å². The monoisotopic (exact) mass is 572 g/mol. The molecule has 220 valence electrons. The Bertz CT molecular complexity index is 1650. The molecule has 0 radical (unpaired) electrons. The van der Waals surface area contributed by atoms with Gasteiger partial charge in [-0.15, -0.1) is 0 Å². The molecule has 42 heavy (non-hydrogen) atoms. The summed E-state index contributed by atoms with van der Waals surface area (Å²) >= 11 is 0. The topological polar surface area (TPSA) is 128 Å². The molecule has 1 aromatic carbocycles. The number of nitrogens with one attached hydrogen (secondary N) is 2. The van der Waals surface area contributed by atoms with Gasteiger partial charge in [-0.3, -0.25) is 9.20 Å². The molecule has 0 unspecified atom stereocenters. The number of rotatable bonds is 9. The van der Waals surface area contributed by atoms with Crippen molar-refractivity contribution in [2.75, 3.05) is 50.2 Å². The molecule has 0 amide bonds. The van der Waals surface area contributed by atoms with E-state index in [1.54, 1.807) is 19.5 Å². The highest BCUT2D eigenvalue weighted by Crippen LogP contribution is 2.48. The predicted octanol–water partition coefficient (Wildman–Crippen LogP) is 3.03. The molecule has 6 heterocycles. The zero-order valence-electron chi connectivity index (χ0n) is 24.4. The Labute approximate surface area is 243 Å². The normalized spacial score (nSPS) is 25.0. The Morgan fingerprint density at radius 2 is 1.98 bits per heavy atom. The van der Waals surface area contributed by atoms with Crippen LogP contribution in [-0.4, -0.2) is 87.8 Å². The van der Waals surface area contributed by atoms with Crippen molar-refractivity contribution in [2.45, 2.75) is 51.3 Å². The summed E-state index contributed by atoms with van der Waals surface area (Å²) in [6.45, 7) is 9.18. The van der Waals surface area contributed by atoms with Crippen molar-refractivity contribution in [1.29, 1.82) is 0 Å². The largest absolute Gasteiger partial charge is 0.478 e. The number of aryl methyl sites for hydroxylation is 1. The minimum absolute atomic E-state index is 0.0179. The predicted molar refractivity (Wildman–Crippen MR) is 158 cm³/mol. The number of ketones is 1. The maximum Gasteiger partial charge on any atom is 0.317 e. The minimum atomic E-state index is -0.219. The van der Waals surface area contributed by atoms with Crippen molar-refractivity contribution in [2.24, 2.45) is 5.92 Å². The minimum Gasteiger partial charge on any atom is -0.478 e. The number of hydrogen-bond acceptors (Lipinski definition) is 11. The molecule has 2 atom stereocenters. The van der Waals surface area contributed by atoms with E-state index in [9.17, 15) is 4.79 Å². The number of nitrogens with zero attached hydrogens (tertiary/aromatic N) is 6. The second-order valence-corrected chi connectivity index (χ2v) is 12.0. The molecule has 12 nitrogen and oxygen atoms in total. The van der Waals surface area contributed by atoms with E-state index in [0.29, 0.717) is 53.0 Å². The van der Waals surface area contributed by atoms with Crippen LogP contribution in [0.15, 0.2) is 30.7 Å². The van der Waals surface area contributed by atoms with Gasteiger partial charge < -0.3 is 29.7 Å². The molecule has 1 aliphatic carbocycles. The third kappa shape index (κ3) is 4.88. The number of piperazine rings is 1. The summed E-state index contributed by atoms with van der Waals surface area (Å²) in [5, 5.41) is 7.57. The Kier molecular flexibility index (Phi) is 6.62. The third-order valence-electron chi connectivity index (χ3n) is 8.47. The van der Waals surface area contributed by atoms with Crippen LogP contribution in [0, 0.1) is 12.8 Å². The van der Waals surface area contributed by atoms with Gasteiger partial charge >= 0.3 is 6.01 Å². The first-order valence-corrected chi connectivity index (χ1v) is 14.5. The van der Waals surface area contributed by atoms with Crippen LogP contribution in [0.1, 0.15) is 42.7 Å². The first kappa shape index (κ1) is 26.8. The number of fused-ring (bicyclic) bond motifs is 3.